The van der Waals surface area contributed by atoms with Crippen LogP contribution in [0.25, 0.3) is 0 Å². The average molecular weight is 337 g/mol. The van der Waals surface area contributed by atoms with Gasteiger partial charge in [0.2, 0.25) is 6.10 Å². The third-order valence-electron chi connectivity index (χ3n) is 4.27. The van der Waals surface area contributed by atoms with Gasteiger partial charge in [0.1, 0.15) is 0 Å². The average Bonchev–Trinajstić information content (AvgIpc) is 2.61. The van der Waals surface area contributed by atoms with E-state index >= 15 is 0 Å². The number of nitrogens with zero attached hydrogens (tertiary/aromatic N) is 3. The van der Waals surface area contributed by atoms with Gasteiger partial charge in [0.25, 0.3) is 5.91 Å². The van der Waals surface area contributed by atoms with Gasteiger partial charge in [0.15, 0.2) is 5.84 Å². The number of anilines is 1. The molecule has 1 unspecified atom stereocenters. The third-order valence-corrected chi connectivity index (χ3v) is 4.27. The molecule has 0 saturated carbocycles. The van der Waals surface area contributed by atoms with Crippen molar-refractivity contribution >= 4 is 17.4 Å². The molecule has 0 saturated heterocycles. The maximum absolute atomic E-state index is 12.7. The molecule has 0 radical (unpaired) electrons. The normalized spacial score (nSPS) is 17.1. The fourth-order valence-corrected chi connectivity index (χ4v) is 2.69. The van der Waals surface area contributed by atoms with E-state index in [0.717, 1.165) is 16.8 Å². The van der Waals surface area contributed by atoms with Gasteiger partial charge >= 0.3 is 0 Å². The van der Waals surface area contributed by atoms with Crippen LogP contribution in [0.15, 0.2) is 53.7 Å². The van der Waals surface area contributed by atoms with Crippen molar-refractivity contribution in [1.29, 1.82) is 0 Å². The maximum Gasteiger partial charge on any atom is 0.272 e. The van der Waals surface area contributed by atoms with Gasteiger partial charge in [-0.1, -0.05) is 35.0 Å². The summed E-state index contributed by atoms with van der Waals surface area (Å²) in [6.07, 6.45) is -0.574. The van der Waals surface area contributed by atoms with Crippen molar-refractivity contribution in [3.63, 3.8) is 0 Å². The van der Waals surface area contributed by atoms with Crippen LogP contribution in [0, 0.1) is 6.92 Å². The summed E-state index contributed by atoms with van der Waals surface area (Å²) in [6.45, 7) is 4.24. The minimum Gasteiger partial charge on any atom is -0.381 e. The highest BCUT2D eigenvalue weighted by Gasteiger charge is 2.31. The molecule has 0 bridgehead atoms. The molecular formula is C20H23N3O2. The second-order valence-corrected chi connectivity index (χ2v) is 6.51. The first kappa shape index (κ1) is 17.0. The Morgan fingerprint density at radius 3 is 2.32 bits per heavy atom. The Hall–Kier alpha value is -2.82. The Morgan fingerprint density at radius 2 is 1.72 bits per heavy atom. The Morgan fingerprint density at radius 1 is 1.08 bits per heavy atom. The summed E-state index contributed by atoms with van der Waals surface area (Å²) in [7, 11) is 3.98. The Kier molecular flexibility index (Phi) is 4.74. The summed E-state index contributed by atoms with van der Waals surface area (Å²) < 4.78 is 0. The van der Waals surface area contributed by atoms with Gasteiger partial charge in [0, 0.05) is 25.3 Å². The number of oxime groups is 1. The van der Waals surface area contributed by atoms with Crippen molar-refractivity contribution in [3.8, 4) is 0 Å². The second kappa shape index (κ2) is 6.97. The predicted octanol–water partition coefficient (Wildman–Crippen LogP) is 3.17. The molecule has 1 heterocycles. The number of benzene rings is 2. The third kappa shape index (κ3) is 3.65. The van der Waals surface area contributed by atoms with Crippen LogP contribution in [0.3, 0.4) is 0 Å². The number of aryl methyl sites for hydroxylation is 1. The van der Waals surface area contributed by atoms with Crippen LogP contribution in [-0.4, -0.2) is 36.8 Å². The number of hydrogen-bond acceptors (Lipinski definition) is 4. The molecule has 3 rings (SSSR count). The number of carbonyl (C=O) groups is 1. The van der Waals surface area contributed by atoms with Gasteiger partial charge in [-0.15, -0.1) is 0 Å². The van der Waals surface area contributed by atoms with E-state index in [9.17, 15) is 4.79 Å². The number of amides is 1. The van der Waals surface area contributed by atoms with Gasteiger partial charge in [-0.3, -0.25) is 9.69 Å². The van der Waals surface area contributed by atoms with Gasteiger partial charge in [-0.05, 0) is 43.7 Å². The monoisotopic (exact) mass is 337 g/mol. The maximum atomic E-state index is 12.7. The highest BCUT2D eigenvalue weighted by Crippen LogP contribution is 2.20. The van der Waals surface area contributed by atoms with Crippen molar-refractivity contribution in [1.82, 2.24) is 4.90 Å². The number of amidine groups is 1. The zero-order chi connectivity index (χ0) is 18.0. The van der Waals surface area contributed by atoms with Crippen molar-refractivity contribution in [2.75, 3.05) is 19.0 Å². The fraction of sp³-hybridized carbons (Fsp3) is 0.300. The summed E-state index contributed by atoms with van der Waals surface area (Å²) in [6, 6.07) is 16.1. The summed E-state index contributed by atoms with van der Waals surface area (Å²) in [5, 5.41) is 4.21. The molecule has 1 aliphatic rings. The van der Waals surface area contributed by atoms with E-state index in [1.54, 1.807) is 11.8 Å². The predicted molar refractivity (Wildman–Crippen MR) is 99.6 cm³/mol. The number of rotatable bonds is 4. The van der Waals surface area contributed by atoms with Crippen molar-refractivity contribution in [3.05, 3.63) is 65.2 Å². The molecule has 5 heteroatoms. The van der Waals surface area contributed by atoms with E-state index in [4.69, 9.17) is 4.84 Å². The van der Waals surface area contributed by atoms with Gasteiger partial charge in [-0.25, -0.2) is 0 Å². The lowest BCUT2D eigenvalue weighted by atomic mass is 10.1. The lowest BCUT2D eigenvalue weighted by Crippen LogP contribution is -2.46. The molecule has 0 fully saturated rings. The molecule has 1 amide bonds. The molecule has 5 nitrogen and oxygen atoms in total. The van der Waals surface area contributed by atoms with Crippen LogP contribution in [0.2, 0.25) is 0 Å². The smallest absolute Gasteiger partial charge is 0.272 e. The SMILES string of the molecule is Cc1ccc(CN2C(=O)C(C)ON=C2c2ccc(N(C)C)cc2)cc1. The second-order valence-electron chi connectivity index (χ2n) is 6.51. The van der Waals surface area contributed by atoms with Crippen LogP contribution < -0.4 is 4.90 Å². The first-order valence-electron chi connectivity index (χ1n) is 8.34. The largest absolute Gasteiger partial charge is 0.381 e. The highest BCUT2D eigenvalue weighted by molar-refractivity contribution is 6.09. The molecule has 0 N–H and O–H groups in total. The number of hydrogen-bond donors (Lipinski definition) is 0. The van der Waals surface area contributed by atoms with Crippen molar-refractivity contribution < 1.29 is 9.63 Å². The van der Waals surface area contributed by atoms with E-state index in [-0.39, 0.29) is 5.91 Å². The van der Waals surface area contributed by atoms with Crippen molar-refractivity contribution in [2.24, 2.45) is 5.16 Å². The van der Waals surface area contributed by atoms with E-state index in [1.807, 2.05) is 74.4 Å². The van der Waals surface area contributed by atoms with Crippen LogP contribution >= 0.6 is 0 Å². The molecule has 1 aliphatic heterocycles. The molecule has 0 aliphatic carbocycles. The molecule has 130 valence electrons. The van der Waals surface area contributed by atoms with Crippen LogP contribution in [0.4, 0.5) is 5.69 Å². The van der Waals surface area contributed by atoms with Gasteiger partial charge in [0.05, 0.1) is 6.54 Å². The topological polar surface area (TPSA) is 45.1 Å². The first-order valence-corrected chi connectivity index (χ1v) is 8.34. The van der Waals surface area contributed by atoms with Gasteiger partial charge in [-0.2, -0.15) is 0 Å². The Bertz CT molecular complexity index is 780. The van der Waals surface area contributed by atoms with Crippen LogP contribution in [0.5, 0.6) is 0 Å². The van der Waals surface area contributed by atoms with E-state index in [0.29, 0.717) is 12.4 Å². The molecule has 2 aromatic rings. The summed E-state index contributed by atoms with van der Waals surface area (Å²) in [5.41, 5.74) is 4.20. The molecule has 1 atom stereocenters. The zero-order valence-corrected chi connectivity index (χ0v) is 15.1. The molecular weight excluding hydrogens is 314 g/mol. The molecule has 0 spiro atoms. The zero-order valence-electron chi connectivity index (χ0n) is 15.1. The minimum atomic E-state index is -0.574. The Balaban J connectivity index is 1.91. The van der Waals surface area contributed by atoms with Gasteiger partial charge < -0.3 is 9.74 Å². The van der Waals surface area contributed by atoms with E-state index in [2.05, 4.69) is 5.16 Å². The minimum absolute atomic E-state index is 0.0812. The van der Waals surface area contributed by atoms with E-state index in [1.165, 1.54) is 5.56 Å². The quantitative estimate of drug-likeness (QED) is 0.861. The first-order chi connectivity index (χ1) is 12.0. The van der Waals surface area contributed by atoms with Crippen molar-refractivity contribution in [2.45, 2.75) is 26.5 Å². The Labute approximate surface area is 148 Å². The standard InChI is InChI=1S/C20H23N3O2/c1-14-5-7-16(8-6-14)13-23-19(21-25-15(2)20(23)24)17-9-11-18(12-10-17)22(3)4/h5-12,15H,13H2,1-4H3. The van der Waals surface area contributed by atoms with Crippen LogP contribution in [0.1, 0.15) is 23.6 Å². The van der Waals surface area contributed by atoms with Crippen LogP contribution in [-0.2, 0) is 16.2 Å². The molecule has 25 heavy (non-hydrogen) atoms. The lowest BCUT2D eigenvalue weighted by Gasteiger charge is -2.30. The summed E-state index contributed by atoms with van der Waals surface area (Å²) in [5.74, 6) is 0.469. The summed E-state index contributed by atoms with van der Waals surface area (Å²) in [4.78, 5) is 21.7. The molecule has 2 aromatic carbocycles. The number of carbonyl (C=O) groups excluding carboxylic acids is 1. The molecule has 0 aromatic heterocycles. The van der Waals surface area contributed by atoms with E-state index < -0.39 is 6.10 Å². The summed E-state index contributed by atoms with van der Waals surface area (Å²) >= 11 is 0. The highest BCUT2D eigenvalue weighted by atomic mass is 16.6. The lowest BCUT2D eigenvalue weighted by molar-refractivity contribution is -0.142. The fourth-order valence-electron chi connectivity index (χ4n) is 2.69.